The van der Waals surface area contributed by atoms with Crippen molar-refractivity contribution in [3.05, 3.63) is 0 Å². The highest BCUT2D eigenvalue weighted by Crippen LogP contribution is 2.29. The first-order valence-corrected chi connectivity index (χ1v) is 3.81. The molecule has 0 bridgehead atoms. The Morgan fingerprint density at radius 3 is 2.56 bits per heavy atom. The summed E-state index contributed by atoms with van der Waals surface area (Å²) in [6, 6.07) is 0. The summed E-state index contributed by atoms with van der Waals surface area (Å²) in [5.74, 6) is 1.41. The predicted molar refractivity (Wildman–Crippen MR) is 39.9 cm³/mol. The van der Waals surface area contributed by atoms with Crippen LogP contribution in [-0.4, -0.2) is 5.71 Å². The van der Waals surface area contributed by atoms with Crippen LogP contribution in [0.1, 0.15) is 33.1 Å². The van der Waals surface area contributed by atoms with E-state index >= 15 is 0 Å². The van der Waals surface area contributed by atoms with E-state index in [9.17, 15) is 0 Å². The average Bonchev–Trinajstić information content (AvgIpc) is 2.10. The smallest absolute Gasteiger partial charge is 0.0123 e. The van der Waals surface area contributed by atoms with E-state index in [0.717, 1.165) is 18.1 Å². The van der Waals surface area contributed by atoms with Crippen LogP contribution in [0.15, 0.2) is 0 Å². The van der Waals surface area contributed by atoms with Gasteiger partial charge in [-0.15, -0.1) is 0 Å². The van der Waals surface area contributed by atoms with Crippen molar-refractivity contribution < 1.29 is 0 Å². The Morgan fingerprint density at radius 1 is 1.67 bits per heavy atom. The van der Waals surface area contributed by atoms with Gasteiger partial charge in [0.05, 0.1) is 0 Å². The van der Waals surface area contributed by atoms with E-state index in [4.69, 9.17) is 5.41 Å². The van der Waals surface area contributed by atoms with Crippen LogP contribution in [0.3, 0.4) is 0 Å². The second kappa shape index (κ2) is 2.51. The van der Waals surface area contributed by atoms with Gasteiger partial charge in [-0.1, -0.05) is 13.8 Å². The molecule has 1 rings (SSSR count). The highest BCUT2D eigenvalue weighted by atomic mass is 14.5. The van der Waals surface area contributed by atoms with Crippen LogP contribution in [0.4, 0.5) is 0 Å². The van der Waals surface area contributed by atoms with Gasteiger partial charge < -0.3 is 5.41 Å². The predicted octanol–water partition coefficient (Wildman–Crippen LogP) is 2.46. The lowest BCUT2D eigenvalue weighted by atomic mass is 10.0. The molecule has 0 spiro atoms. The standard InChI is InChI=1S/C8H15N/c1-3-7-4-6(2)5-8(7)9/h6-7,9H,3-5H2,1-2H3. The van der Waals surface area contributed by atoms with E-state index in [-0.39, 0.29) is 0 Å². The minimum Gasteiger partial charge on any atom is -0.309 e. The first kappa shape index (κ1) is 6.79. The van der Waals surface area contributed by atoms with Crippen molar-refractivity contribution in [2.24, 2.45) is 11.8 Å². The van der Waals surface area contributed by atoms with Crippen molar-refractivity contribution in [3.8, 4) is 0 Å². The van der Waals surface area contributed by atoms with Crippen molar-refractivity contribution in [2.45, 2.75) is 33.1 Å². The molecule has 1 aliphatic rings. The molecule has 1 N–H and O–H groups in total. The molecule has 1 nitrogen and oxygen atoms in total. The van der Waals surface area contributed by atoms with E-state index in [1.165, 1.54) is 12.8 Å². The Morgan fingerprint density at radius 2 is 2.33 bits per heavy atom. The van der Waals surface area contributed by atoms with Crippen molar-refractivity contribution in [2.75, 3.05) is 0 Å². The van der Waals surface area contributed by atoms with Crippen molar-refractivity contribution >= 4 is 5.71 Å². The molecule has 52 valence electrons. The molecule has 0 saturated heterocycles. The van der Waals surface area contributed by atoms with Gasteiger partial charge in [0.2, 0.25) is 0 Å². The summed E-state index contributed by atoms with van der Waals surface area (Å²) in [6.07, 6.45) is 3.48. The zero-order chi connectivity index (χ0) is 6.85. The lowest BCUT2D eigenvalue weighted by Crippen LogP contribution is -2.02. The normalized spacial score (nSPS) is 35.6. The third-order valence-corrected chi connectivity index (χ3v) is 2.24. The Balaban J connectivity index is 2.48. The Hall–Kier alpha value is -0.330. The van der Waals surface area contributed by atoms with E-state index in [2.05, 4.69) is 13.8 Å². The maximum absolute atomic E-state index is 7.54. The van der Waals surface area contributed by atoms with Crippen LogP contribution >= 0.6 is 0 Å². The van der Waals surface area contributed by atoms with Crippen LogP contribution < -0.4 is 0 Å². The van der Waals surface area contributed by atoms with Gasteiger partial charge in [0.25, 0.3) is 0 Å². The van der Waals surface area contributed by atoms with Gasteiger partial charge in [-0.3, -0.25) is 0 Å². The van der Waals surface area contributed by atoms with Gasteiger partial charge >= 0.3 is 0 Å². The Labute approximate surface area is 57.0 Å². The molecule has 0 amide bonds. The monoisotopic (exact) mass is 125 g/mol. The second-order valence-corrected chi connectivity index (χ2v) is 3.18. The summed E-state index contributed by atoms with van der Waals surface area (Å²) in [5.41, 5.74) is 0.991. The Bertz CT molecular complexity index is 118. The van der Waals surface area contributed by atoms with Gasteiger partial charge in [0.15, 0.2) is 0 Å². The van der Waals surface area contributed by atoms with Gasteiger partial charge in [0, 0.05) is 5.71 Å². The molecule has 0 aromatic carbocycles. The lowest BCUT2D eigenvalue weighted by molar-refractivity contribution is 0.532. The largest absolute Gasteiger partial charge is 0.309 e. The number of rotatable bonds is 1. The molecule has 1 heteroatoms. The van der Waals surface area contributed by atoms with E-state index < -0.39 is 0 Å². The molecule has 1 aliphatic carbocycles. The first-order chi connectivity index (χ1) is 4.24. The molecule has 1 fully saturated rings. The fourth-order valence-corrected chi connectivity index (χ4v) is 1.67. The molecule has 0 aliphatic heterocycles. The Kier molecular flexibility index (Phi) is 1.89. The third-order valence-electron chi connectivity index (χ3n) is 2.24. The first-order valence-electron chi connectivity index (χ1n) is 3.81. The second-order valence-electron chi connectivity index (χ2n) is 3.18. The molecular weight excluding hydrogens is 110 g/mol. The van der Waals surface area contributed by atoms with E-state index in [1.54, 1.807) is 0 Å². The van der Waals surface area contributed by atoms with E-state index in [0.29, 0.717) is 5.92 Å². The minimum absolute atomic E-state index is 0.625. The number of hydrogen-bond acceptors (Lipinski definition) is 1. The third kappa shape index (κ3) is 1.32. The van der Waals surface area contributed by atoms with Gasteiger partial charge in [-0.25, -0.2) is 0 Å². The average molecular weight is 125 g/mol. The summed E-state index contributed by atoms with van der Waals surface area (Å²) in [4.78, 5) is 0. The summed E-state index contributed by atoms with van der Waals surface area (Å²) in [6.45, 7) is 4.42. The quantitative estimate of drug-likeness (QED) is 0.556. The minimum atomic E-state index is 0.625. The molecule has 0 aromatic heterocycles. The highest BCUT2D eigenvalue weighted by Gasteiger charge is 2.24. The number of nitrogens with one attached hydrogen (secondary N) is 1. The SMILES string of the molecule is CCC1CC(C)CC1=N. The van der Waals surface area contributed by atoms with Crippen molar-refractivity contribution in [1.29, 1.82) is 5.41 Å². The zero-order valence-electron chi connectivity index (χ0n) is 6.28. The van der Waals surface area contributed by atoms with Crippen LogP contribution in [0.2, 0.25) is 0 Å². The molecular formula is C8H15N. The maximum Gasteiger partial charge on any atom is 0.0123 e. The van der Waals surface area contributed by atoms with E-state index in [1.807, 2.05) is 0 Å². The molecule has 9 heavy (non-hydrogen) atoms. The molecule has 2 atom stereocenters. The van der Waals surface area contributed by atoms with Crippen molar-refractivity contribution in [3.63, 3.8) is 0 Å². The summed E-state index contributed by atoms with van der Waals surface area (Å²) >= 11 is 0. The zero-order valence-corrected chi connectivity index (χ0v) is 6.28. The van der Waals surface area contributed by atoms with Crippen LogP contribution in [-0.2, 0) is 0 Å². The van der Waals surface area contributed by atoms with Crippen molar-refractivity contribution in [1.82, 2.24) is 0 Å². The molecule has 2 unspecified atom stereocenters. The molecule has 0 heterocycles. The molecule has 1 saturated carbocycles. The van der Waals surface area contributed by atoms with Gasteiger partial charge in [0.1, 0.15) is 0 Å². The molecule has 0 radical (unpaired) electrons. The number of hydrogen-bond donors (Lipinski definition) is 1. The van der Waals surface area contributed by atoms with Crippen LogP contribution in [0.5, 0.6) is 0 Å². The van der Waals surface area contributed by atoms with Crippen LogP contribution in [0, 0.1) is 17.2 Å². The maximum atomic E-state index is 7.54. The van der Waals surface area contributed by atoms with Gasteiger partial charge in [-0.2, -0.15) is 0 Å². The fraction of sp³-hybridized carbons (Fsp3) is 0.875. The topological polar surface area (TPSA) is 23.9 Å². The highest BCUT2D eigenvalue weighted by molar-refractivity contribution is 5.85. The summed E-state index contributed by atoms with van der Waals surface area (Å²) < 4.78 is 0. The van der Waals surface area contributed by atoms with Gasteiger partial charge in [-0.05, 0) is 31.1 Å². The fourth-order valence-electron chi connectivity index (χ4n) is 1.67. The molecule has 0 aromatic rings. The summed E-state index contributed by atoms with van der Waals surface area (Å²) in [5, 5.41) is 7.54. The summed E-state index contributed by atoms with van der Waals surface area (Å²) in [7, 11) is 0. The van der Waals surface area contributed by atoms with Crippen LogP contribution in [0.25, 0.3) is 0 Å². The lowest BCUT2D eigenvalue weighted by Gasteiger charge is -2.03.